The molecular formula is C12H12BrNO3. The van der Waals surface area contributed by atoms with E-state index in [4.69, 9.17) is 5.11 Å². The Kier molecular flexibility index (Phi) is 3.47. The number of nitrogens with one attached hydrogen (secondary N) is 1. The topological polar surface area (TPSA) is 66.4 Å². The second-order valence-corrected chi connectivity index (χ2v) is 5.05. The van der Waals surface area contributed by atoms with Crippen molar-refractivity contribution in [1.82, 2.24) is 0 Å². The average Bonchev–Trinajstić information content (AvgIpc) is 3.04. The Morgan fingerprint density at radius 3 is 2.71 bits per heavy atom. The van der Waals surface area contributed by atoms with Gasteiger partial charge < -0.3 is 10.4 Å². The number of carboxylic acids is 1. The van der Waals surface area contributed by atoms with Gasteiger partial charge in [0.25, 0.3) is 0 Å². The number of carboxylic acid groups (broad SMARTS) is 1. The number of hydrogen-bond donors (Lipinski definition) is 2. The summed E-state index contributed by atoms with van der Waals surface area (Å²) in [6, 6.07) is 4.57. The minimum absolute atomic E-state index is 0.0595. The van der Waals surface area contributed by atoms with E-state index in [-0.39, 0.29) is 11.5 Å². The molecule has 1 aromatic rings. The molecule has 0 heterocycles. The zero-order chi connectivity index (χ0) is 12.4. The first-order valence-electron chi connectivity index (χ1n) is 5.39. The zero-order valence-electron chi connectivity index (χ0n) is 9.07. The van der Waals surface area contributed by atoms with E-state index >= 15 is 0 Å². The zero-order valence-corrected chi connectivity index (χ0v) is 10.7. The Balaban J connectivity index is 2.09. The monoisotopic (exact) mass is 297 g/mol. The van der Waals surface area contributed by atoms with E-state index in [1.165, 1.54) is 12.1 Å². The Hall–Kier alpha value is -1.36. The van der Waals surface area contributed by atoms with Crippen LogP contribution in [-0.2, 0) is 4.79 Å². The molecule has 1 aromatic carbocycles. The highest BCUT2D eigenvalue weighted by molar-refractivity contribution is 9.10. The molecule has 0 radical (unpaired) electrons. The molecule has 1 aliphatic carbocycles. The molecule has 0 atom stereocenters. The van der Waals surface area contributed by atoms with E-state index in [1.54, 1.807) is 6.07 Å². The van der Waals surface area contributed by atoms with E-state index < -0.39 is 5.97 Å². The standard InChI is InChI=1S/C12H12BrNO3/c13-9-4-3-8(12(16)17)6-10(9)14-11(15)5-7-1-2-7/h3-4,6-7H,1-2,5H2,(H,14,15)(H,16,17). The molecule has 2 rings (SSSR count). The van der Waals surface area contributed by atoms with Gasteiger partial charge in [-0.2, -0.15) is 0 Å². The minimum atomic E-state index is -1.00. The summed E-state index contributed by atoms with van der Waals surface area (Å²) < 4.78 is 0.687. The van der Waals surface area contributed by atoms with E-state index in [2.05, 4.69) is 21.2 Å². The van der Waals surface area contributed by atoms with Gasteiger partial charge in [-0.15, -0.1) is 0 Å². The number of benzene rings is 1. The minimum Gasteiger partial charge on any atom is -0.478 e. The fourth-order valence-corrected chi connectivity index (χ4v) is 1.89. The van der Waals surface area contributed by atoms with Crippen molar-refractivity contribution in [3.8, 4) is 0 Å². The largest absolute Gasteiger partial charge is 0.478 e. The highest BCUT2D eigenvalue weighted by Gasteiger charge is 2.24. The predicted molar refractivity (Wildman–Crippen MR) is 67.1 cm³/mol. The van der Waals surface area contributed by atoms with Crippen LogP contribution in [0.3, 0.4) is 0 Å². The summed E-state index contributed by atoms with van der Waals surface area (Å²) >= 11 is 3.28. The number of anilines is 1. The maximum Gasteiger partial charge on any atom is 0.335 e. The summed E-state index contributed by atoms with van der Waals surface area (Å²) in [4.78, 5) is 22.4. The third-order valence-electron chi connectivity index (χ3n) is 2.66. The first kappa shape index (κ1) is 12.1. The molecule has 17 heavy (non-hydrogen) atoms. The van der Waals surface area contributed by atoms with Crippen molar-refractivity contribution in [1.29, 1.82) is 0 Å². The third-order valence-corrected chi connectivity index (χ3v) is 3.35. The highest BCUT2D eigenvalue weighted by atomic mass is 79.9. The first-order valence-corrected chi connectivity index (χ1v) is 6.18. The molecule has 0 aromatic heterocycles. The van der Waals surface area contributed by atoms with Gasteiger partial charge in [-0.05, 0) is 52.9 Å². The summed E-state index contributed by atoms with van der Waals surface area (Å²) in [5, 5.41) is 11.6. The average molecular weight is 298 g/mol. The van der Waals surface area contributed by atoms with Crippen molar-refractivity contribution in [2.45, 2.75) is 19.3 Å². The van der Waals surface area contributed by atoms with Gasteiger partial charge in [0.15, 0.2) is 0 Å². The van der Waals surface area contributed by atoms with Crippen molar-refractivity contribution in [2.24, 2.45) is 5.92 Å². The van der Waals surface area contributed by atoms with Crippen LogP contribution in [0.15, 0.2) is 22.7 Å². The van der Waals surface area contributed by atoms with Gasteiger partial charge in [0, 0.05) is 10.9 Å². The fraction of sp³-hybridized carbons (Fsp3) is 0.333. The van der Waals surface area contributed by atoms with Gasteiger partial charge in [0.2, 0.25) is 5.91 Å². The van der Waals surface area contributed by atoms with E-state index in [0.29, 0.717) is 22.5 Å². The second-order valence-electron chi connectivity index (χ2n) is 4.20. The van der Waals surface area contributed by atoms with Crippen LogP contribution in [0, 0.1) is 5.92 Å². The SMILES string of the molecule is O=C(CC1CC1)Nc1cc(C(=O)O)ccc1Br. The van der Waals surface area contributed by atoms with E-state index in [1.807, 2.05) is 0 Å². The first-order chi connectivity index (χ1) is 8.06. The lowest BCUT2D eigenvalue weighted by molar-refractivity contribution is -0.116. The van der Waals surface area contributed by atoms with Crippen molar-refractivity contribution < 1.29 is 14.7 Å². The lowest BCUT2D eigenvalue weighted by Crippen LogP contribution is -2.13. The molecular weight excluding hydrogens is 286 g/mol. The number of amides is 1. The van der Waals surface area contributed by atoms with Gasteiger partial charge in [-0.3, -0.25) is 4.79 Å². The molecule has 4 nitrogen and oxygen atoms in total. The molecule has 0 saturated heterocycles. The smallest absolute Gasteiger partial charge is 0.335 e. The number of halogens is 1. The van der Waals surface area contributed by atoms with Crippen molar-refractivity contribution in [3.05, 3.63) is 28.2 Å². The molecule has 0 unspecified atom stereocenters. The van der Waals surface area contributed by atoms with Gasteiger partial charge in [0.05, 0.1) is 11.3 Å². The summed E-state index contributed by atoms with van der Waals surface area (Å²) in [5.41, 5.74) is 0.672. The van der Waals surface area contributed by atoms with Crippen LogP contribution < -0.4 is 5.32 Å². The molecule has 1 aliphatic rings. The van der Waals surface area contributed by atoms with Gasteiger partial charge in [-0.1, -0.05) is 0 Å². The fourth-order valence-electron chi connectivity index (χ4n) is 1.54. The number of aromatic carboxylic acids is 1. The number of rotatable bonds is 4. The molecule has 2 N–H and O–H groups in total. The van der Waals surface area contributed by atoms with Gasteiger partial charge in [0.1, 0.15) is 0 Å². The molecule has 1 fully saturated rings. The Labute approximate surface area is 107 Å². The van der Waals surface area contributed by atoms with Crippen LogP contribution in [0.1, 0.15) is 29.6 Å². The summed E-state index contributed by atoms with van der Waals surface area (Å²) in [6.07, 6.45) is 2.75. The van der Waals surface area contributed by atoms with Crippen LogP contribution >= 0.6 is 15.9 Å². The molecule has 0 aliphatic heterocycles. The highest BCUT2D eigenvalue weighted by Crippen LogP contribution is 2.33. The number of hydrogen-bond acceptors (Lipinski definition) is 2. The third kappa shape index (κ3) is 3.30. The van der Waals surface area contributed by atoms with Crippen LogP contribution in [0.2, 0.25) is 0 Å². The van der Waals surface area contributed by atoms with Crippen LogP contribution in [0.5, 0.6) is 0 Å². The second kappa shape index (κ2) is 4.87. The summed E-state index contributed by atoms with van der Waals surface area (Å²) in [6.45, 7) is 0. The quantitative estimate of drug-likeness (QED) is 0.898. The number of carbonyl (C=O) groups is 2. The molecule has 1 saturated carbocycles. The molecule has 90 valence electrons. The van der Waals surface area contributed by atoms with Gasteiger partial charge in [-0.25, -0.2) is 4.79 Å². The van der Waals surface area contributed by atoms with Crippen LogP contribution in [0.25, 0.3) is 0 Å². The normalized spacial score (nSPS) is 14.4. The van der Waals surface area contributed by atoms with Crippen molar-refractivity contribution >= 4 is 33.5 Å². The molecule has 0 bridgehead atoms. The maximum atomic E-state index is 11.6. The van der Waals surface area contributed by atoms with Crippen molar-refractivity contribution in [3.63, 3.8) is 0 Å². The van der Waals surface area contributed by atoms with Crippen LogP contribution in [-0.4, -0.2) is 17.0 Å². The number of carbonyl (C=O) groups excluding carboxylic acids is 1. The summed E-state index contributed by atoms with van der Waals surface area (Å²) in [5.74, 6) is -0.553. The van der Waals surface area contributed by atoms with E-state index in [9.17, 15) is 9.59 Å². The Morgan fingerprint density at radius 2 is 2.12 bits per heavy atom. The van der Waals surface area contributed by atoms with Gasteiger partial charge >= 0.3 is 5.97 Å². The van der Waals surface area contributed by atoms with Crippen LogP contribution in [0.4, 0.5) is 5.69 Å². The van der Waals surface area contributed by atoms with Crippen molar-refractivity contribution in [2.75, 3.05) is 5.32 Å². The molecule has 0 spiro atoms. The molecule has 5 heteroatoms. The lowest BCUT2D eigenvalue weighted by atomic mass is 10.2. The van der Waals surface area contributed by atoms with E-state index in [0.717, 1.165) is 12.8 Å². The summed E-state index contributed by atoms with van der Waals surface area (Å²) in [7, 11) is 0. The maximum absolute atomic E-state index is 11.6. The Morgan fingerprint density at radius 1 is 1.41 bits per heavy atom. The lowest BCUT2D eigenvalue weighted by Gasteiger charge is -2.08. The Bertz CT molecular complexity index is 469. The molecule has 1 amide bonds. The predicted octanol–water partition coefficient (Wildman–Crippen LogP) is 2.89.